The Hall–Kier alpha value is -3.21. The predicted molar refractivity (Wildman–Crippen MR) is 141 cm³/mol. The molecule has 1 aliphatic carbocycles. The van der Waals surface area contributed by atoms with Crippen molar-refractivity contribution in [2.24, 2.45) is 0 Å². The van der Waals surface area contributed by atoms with Crippen molar-refractivity contribution in [3.05, 3.63) is 64.2 Å². The second-order valence-corrected chi connectivity index (χ2v) is 11.6. The molecule has 40 heavy (non-hydrogen) atoms. The van der Waals surface area contributed by atoms with E-state index in [0.717, 1.165) is 11.1 Å². The molecule has 8 rings (SSSR count). The van der Waals surface area contributed by atoms with Gasteiger partial charge in [-0.3, -0.25) is 4.79 Å². The third kappa shape index (κ3) is 3.12. The molecule has 2 N–H and O–H groups in total. The summed E-state index contributed by atoms with van der Waals surface area (Å²) in [6.45, 7) is 2.72. The van der Waals surface area contributed by atoms with Gasteiger partial charge < -0.3 is 38.6 Å². The molecule has 5 aliphatic rings. The fourth-order valence-electron chi connectivity index (χ4n) is 7.28. The second-order valence-electron chi connectivity index (χ2n) is 11.6. The molecule has 9 heteroatoms. The highest BCUT2D eigenvalue weighted by molar-refractivity contribution is 6.11. The van der Waals surface area contributed by atoms with Crippen LogP contribution in [0.2, 0.25) is 0 Å². The number of rotatable bonds is 5. The lowest BCUT2D eigenvalue weighted by molar-refractivity contribution is -0.324. The smallest absolute Gasteiger partial charge is 0.269 e. The summed E-state index contributed by atoms with van der Waals surface area (Å²) in [5, 5.41) is 24.7. The van der Waals surface area contributed by atoms with Crippen LogP contribution in [0, 0.1) is 6.92 Å². The molecule has 3 aromatic carbocycles. The van der Waals surface area contributed by atoms with E-state index < -0.39 is 29.4 Å². The number of aliphatic hydroxyl groups is 1. The number of hydrogen-bond donors (Lipinski definition) is 2. The molecule has 3 saturated heterocycles. The number of epoxide rings is 1. The number of aryl methyl sites for hydroxylation is 1. The molecule has 208 valence electrons. The van der Waals surface area contributed by atoms with E-state index in [1.165, 1.54) is 0 Å². The monoisotopic (exact) mass is 546 g/mol. The summed E-state index contributed by atoms with van der Waals surface area (Å²) in [6, 6.07) is 11.8. The number of benzene rings is 3. The zero-order chi connectivity index (χ0) is 27.4. The van der Waals surface area contributed by atoms with E-state index in [4.69, 9.17) is 28.4 Å². The lowest BCUT2D eigenvalue weighted by atomic mass is 9.79. The van der Waals surface area contributed by atoms with Crippen LogP contribution in [-0.2, 0) is 32.0 Å². The van der Waals surface area contributed by atoms with Crippen molar-refractivity contribution in [3.8, 4) is 17.2 Å². The van der Waals surface area contributed by atoms with E-state index in [-0.39, 0.29) is 42.5 Å². The summed E-state index contributed by atoms with van der Waals surface area (Å²) in [4.78, 5) is 13.0. The van der Waals surface area contributed by atoms with E-state index in [0.29, 0.717) is 53.5 Å². The molecule has 1 spiro atoms. The van der Waals surface area contributed by atoms with Gasteiger partial charge in [0, 0.05) is 29.4 Å². The first kappa shape index (κ1) is 24.6. The van der Waals surface area contributed by atoms with E-state index in [9.17, 15) is 15.0 Å². The van der Waals surface area contributed by atoms with Gasteiger partial charge in [-0.15, -0.1) is 0 Å². The van der Waals surface area contributed by atoms with Crippen LogP contribution < -0.4 is 9.47 Å². The summed E-state index contributed by atoms with van der Waals surface area (Å²) in [5.74, 6) is -2.52. The molecule has 5 atom stereocenters. The maximum absolute atomic E-state index is 13.0. The first-order chi connectivity index (χ1) is 19.3. The molecule has 9 nitrogen and oxygen atoms in total. The maximum Gasteiger partial charge on any atom is 0.269 e. The number of carbonyl (C=O) groups excluding carboxylic acids is 1. The number of aromatic hydroxyl groups is 1. The predicted octanol–water partition coefficient (Wildman–Crippen LogP) is 4.00. The second kappa shape index (κ2) is 8.18. The lowest BCUT2D eigenvalue weighted by Gasteiger charge is -2.47. The number of phenols is 1. The number of carbonyl (C=O) groups is 1. The fourth-order valence-corrected chi connectivity index (χ4v) is 7.28. The maximum atomic E-state index is 13.0. The zero-order valence-corrected chi connectivity index (χ0v) is 22.3. The Labute approximate surface area is 230 Å². The Kier molecular flexibility index (Phi) is 5.02. The first-order valence-corrected chi connectivity index (χ1v) is 13.7. The van der Waals surface area contributed by atoms with E-state index in [2.05, 4.69) is 0 Å². The number of methoxy groups -OCH3 is 1. The third-order valence-electron chi connectivity index (χ3n) is 9.15. The third-order valence-corrected chi connectivity index (χ3v) is 9.15. The molecule has 0 aromatic heterocycles. The Morgan fingerprint density at radius 3 is 2.70 bits per heavy atom. The highest BCUT2D eigenvalue weighted by Gasteiger charge is 2.80. The van der Waals surface area contributed by atoms with Gasteiger partial charge in [0.1, 0.15) is 30.0 Å². The Morgan fingerprint density at radius 1 is 1.15 bits per heavy atom. The van der Waals surface area contributed by atoms with Crippen molar-refractivity contribution in [2.75, 3.05) is 20.3 Å². The first-order valence-electron chi connectivity index (χ1n) is 13.7. The van der Waals surface area contributed by atoms with Crippen molar-refractivity contribution < 1.29 is 43.4 Å². The average Bonchev–Trinajstić information content (AvgIpc) is 3.62. The molecule has 0 radical (unpaired) electrons. The molecule has 4 heterocycles. The van der Waals surface area contributed by atoms with Gasteiger partial charge in [-0.1, -0.05) is 30.3 Å². The Balaban J connectivity index is 1.27. The Bertz CT molecular complexity index is 1580. The van der Waals surface area contributed by atoms with Crippen LogP contribution in [0.4, 0.5) is 0 Å². The number of fused-ring (bicyclic) bond motifs is 7. The van der Waals surface area contributed by atoms with E-state index in [1.54, 1.807) is 7.11 Å². The molecular formula is C31H30O9. The highest BCUT2D eigenvalue weighted by Crippen LogP contribution is 2.65. The number of ether oxygens (including phenoxy) is 6. The van der Waals surface area contributed by atoms with Crippen LogP contribution in [0.25, 0.3) is 10.8 Å². The minimum absolute atomic E-state index is 0.138. The summed E-state index contributed by atoms with van der Waals surface area (Å²) in [6.07, 6.45) is 0.287. The zero-order valence-electron chi connectivity index (χ0n) is 22.3. The molecule has 4 aliphatic heterocycles. The van der Waals surface area contributed by atoms with Crippen molar-refractivity contribution in [1.29, 1.82) is 0 Å². The van der Waals surface area contributed by atoms with Gasteiger partial charge in [0.15, 0.2) is 23.3 Å². The van der Waals surface area contributed by atoms with Gasteiger partial charge in [0.2, 0.25) is 0 Å². The van der Waals surface area contributed by atoms with Crippen molar-refractivity contribution in [1.82, 2.24) is 0 Å². The number of phenolic OH excluding ortho intramolecular Hbond substituents is 1. The summed E-state index contributed by atoms with van der Waals surface area (Å²) >= 11 is 0. The van der Waals surface area contributed by atoms with Gasteiger partial charge in [0.05, 0.1) is 31.3 Å². The minimum atomic E-state index is -1.87. The standard InChI is InChI=1S/C31H30O9/c1-16-11-19-23(24(33)22-18(25(19)35-2)9-6-10-20(22)32)26-21(16)27-28-31(34,39-26)29(14-37-29)13-30(38-27,40-28)15-36-12-17-7-4-3-5-8-17/h3-5,7-8,11,27-28,33-34H,6,9-10,12-15H2,1-2H3/t27?,28?,29-,30?,31+/m0/s1. The van der Waals surface area contributed by atoms with Crippen LogP contribution in [0.15, 0.2) is 36.4 Å². The molecule has 3 aromatic rings. The van der Waals surface area contributed by atoms with E-state index >= 15 is 0 Å². The van der Waals surface area contributed by atoms with Gasteiger partial charge in [-0.25, -0.2) is 0 Å². The lowest BCUT2D eigenvalue weighted by Crippen LogP contribution is -2.67. The number of hydrogen-bond acceptors (Lipinski definition) is 9. The van der Waals surface area contributed by atoms with Gasteiger partial charge in [-0.2, -0.15) is 0 Å². The molecule has 0 saturated carbocycles. The largest absolute Gasteiger partial charge is 0.506 e. The summed E-state index contributed by atoms with van der Waals surface area (Å²) in [7, 11) is 1.56. The molecule has 2 bridgehead atoms. The quantitative estimate of drug-likeness (QED) is 0.458. The minimum Gasteiger partial charge on any atom is -0.506 e. The topological polar surface area (TPSA) is 116 Å². The van der Waals surface area contributed by atoms with E-state index in [1.807, 2.05) is 43.3 Å². The number of ketones is 1. The van der Waals surface area contributed by atoms with Gasteiger partial charge >= 0.3 is 0 Å². The summed E-state index contributed by atoms with van der Waals surface area (Å²) in [5.41, 5.74) is 2.42. The normalized spacial score (nSPS) is 33.0. The highest BCUT2D eigenvalue weighted by atomic mass is 16.8. The van der Waals surface area contributed by atoms with Gasteiger partial charge in [0.25, 0.3) is 5.79 Å². The fraction of sp³-hybridized carbons (Fsp3) is 0.452. The van der Waals surface area contributed by atoms with Crippen LogP contribution in [-0.4, -0.2) is 59.6 Å². The molecule has 3 fully saturated rings. The van der Waals surface area contributed by atoms with Crippen LogP contribution >= 0.6 is 0 Å². The van der Waals surface area contributed by atoms with Crippen molar-refractivity contribution >= 4 is 16.6 Å². The summed E-state index contributed by atoms with van der Waals surface area (Å²) < 4.78 is 37.4. The Morgan fingerprint density at radius 2 is 1.95 bits per heavy atom. The van der Waals surface area contributed by atoms with Crippen molar-refractivity contribution in [3.63, 3.8) is 0 Å². The molecular weight excluding hydrogens is 516 g/mol. The van der Waals surface area contributed by atoms with Gasteiger partial charge in [-0.05, 0) is 37.0 Å². The molecule has 0 amide bonds. The van der Waals surface area contributed by atoms with Crippen LogP contribution in [0.5, 0.6) is 17.2 Å². The molecule has 3 unspecified atom stereocenters. The average molecular weight is 547 g/mol. The number of Topliss-reactive ketones (excluding diaryl/α,β-unsaturated/α-hetero) is 1. The SMILES string of the molecule is COc1c2c(c(O)c3c4c(c(C)cc13)C1OC3(COCc5ccccc5)C[C@]5(CO5)[C@](O)(O4)C1O3)C(=O)CCC2. The van der Waals surface area contributed by atoms with Crippen LogP contribution in [0.1, 0.15) is 58.0 Å². The van der Waals surface area contributed by atoms with Crippen LogP contribution in [0.3, 0.4) is 0 Å². The van der Waals surface area contributed by atoms with Crippen molar-refractivity contribution in [2.45, 2.75) is 68.6 Å².